The van der Waals surface area contributed by atoms with E-state index in [4.69, 9.17) is 5.11 Å². The molecule has 0 heterocycles. The first-order chi connectivity index (χ1) is 4.20. The van der Waals surface area contributed by atoms with Crippen LogP contribution >= 0.6 is 0 Å². The predicted octanol–water partition coefficient (Wildman–Crippen LogP) is 1.72. The summed E-state index contributed by atoms with van der Waals surface area (Å²) in [5.41, 5.74) is 1.31. The Hall–Kier alpha value is -0.300. The zero-order valence-corrected chi connectivity index (χ0v) is 5.93. The highest BCUT2D eigenvalue weighted by atomic mass is 16.3. The van der Waals surface area contributed by atoms with Crippen LogP contribution in [0.1, 0.15) is 26.2 Å². The minimum Gasteiger partial charge on any atom is -0.393 e. The Kier molecular flexibility index (Phi) is 1.91. The van der Waals surface area contributed by atoms with Gasteiger partial charge >= 0.3 is 0 Å². The Balaban J connectivity index is 2.44. The SMILES string of the molecule is C=C1CCC(O)CC1C. The molecule has 0 aromatic rings. The maximum Gasteiger partial charge on any atom is 0.0549 e. The van der Waals surface area contributed by atoms with Crippen LogP contribution in [0.15, 0.2) is 12.2 Å². The average molecular weight is 126 g/mol. The quantitative estimate of drug-likeness (QED) is 0.490. The van der Waals surface area contributed by atoms with Crippen molar-refractivity contribution in [1.29, 1.82) is 0 Å². The molecular formula is C8H14O. The minimum atomic E-state index is -0.0644. The molecule has 0 saturated heterocycles. The molecule has 0 radical (unpaired) electrons. The Morgan fingerprint density at radius 3 is 2.78 bits per heavy atom. The smallest absolute Gasteiger partial charge is 0.0549 e. The molecule has 1 heteroatoms. The molecule has 0 spiro atoms. The molecule has 9 heavy (non-hydrogen) atoms. The second-order valence-electron chi connectivity index (χ2n) is 2.99. The summed E-state index contributed by atoms with van der Waals surface area (Å²) in [6.45, 7) is 6.05. The third-order valence-corrected chi connectivity index (χ3v) is 2.12. The Morgan fingerprint density at radius 1 is 1.67 bits per heavy atom. The lowest BCUT2D eigenvalue weighted by molar-refractivity contribution is 0.126. The van der Waals surface area contributed by atoms with Gasteiger partial charge in [0.2, 0.25) is 0 Å². The fourth-order valence-corrected chi connectivity index (χ4v) is 1.29. The first-order valence-corrected chi connectivity index (χ1v) is 3.56. The van der Waals surface area contributed by atoms with Gasteiger partial charge in [0, 0.05) is 0 Å². The van der Waals surface area contributed by atoms with Gasteiger partial charge in [-0.3, -0.25) is 0 Å². The van der Waals surface area contributed by atoms with E-state index in [0.717, 1.165) is 19.3 Å². The molecule has 1 fully saturated rings. The summed E-state index contributed by atoms with van der Waals surface area (Å²) < 4.78 is 0. The molecule has 1 N–H and O–H groups in total. The lowest BCUT2D eigenvalue weighted by Gasteiger charge is -2.24. The summed E-state index contributed by atoms with van der Waals surface area (Å²) in [4.78, 5) is 0. The first-order valence-electron chi connectivity index (χ1n) is 3.56. The maximum atomic E-state index is 9.16. The third kappa shape index (κ3) is 1.55. The van der Waals surface area contributed by atoms with Crippen LogP contribution in [0, 0.1) is 5.92 Å². The molecule has 0 aromatic carbocycles. The van der Waals surface area contributed by atoms with Crippen LogP contribution in [0.25, 0.3) is 0 Å². The van der Waals surface area contributed by atoms with E-state index >= 15 is 0 Å². The number of allylic oxidation sites excluding steroid dienone is 1. The fraction of sp³-hybridized carbons (Fsp3) is 0.750. The van der Waals surface area contributed by atoms with Crippen LogP contribution in [0.5, 0.6) is 0 Å². The second kappa shape index (κ2) is 2.53. The molecule has 0 bridgehead atoms. The molecular weight excluding hydrogens is 112 g/mol. The van der Waals surface area contributed by atoms with Gasteiger partial charge < -0.3 is 5.11 Å². The topological polar surface area (TPSA) is 20.2 Å². The number of hydrogen-bond acceptors (Lipinski definition) is 1. The van der Waals surface area contributed by atoms with Gasteiger partial charge in [0.1, 0.15) is 0 Å². The molecule has 1 aliphatic carbocycles. The van der Waals surface area contributed by atoms with Gasteiger partial charge in [-0.25, -0.2) is 0 Å². The van der Waals surface area contributed by atoms with Gasteiger partial charge in [-0.15, -0.1) is 0 Å². The molecule has 52 valence electrons. The number of aliphatic hydroxyl groups is 1. The molecule has 0 aromatic heterocycles. The van der Waals surface area contributed by atoms with Crippen LogP contribution in [0.4, 0.5) is 0 Å². The van der Waals surface area contributed by atoms with Crippen molar-refractivity contribution in [2.45, 2.75) is 32.3 Å². The van der Waals surface area contributed by atoms with Crippen LogP contribution in [-0.4, -0.2) is 11.2 Å². The molecule has 1 nitrogen and oxygen atoms in total. The van der Waals surface area contributed by atoms with E-state index in [1.807, 2.05) is 0 Å². The summed E-state index contributed by atoms with van der Waals surface area (Å²) in [6.07, 6.45) is 2.79. The van der Waals surface area contributed by atoms with Crippen LogP contribution < -0.4 is 0 Å². The highest BCUT2D eigenvalue weighted by Crippen LogP contribution is 2.27. The van der Waals surface area contributed by atoms with Crippen LogP contribution in [0.3, 0.4) is 0 Å². The molecule has 0 aliphatic heterocycles. The van der Waals surface area contributed by atoms with Gasteiger partial charge in [-0.1, -0.05) is 19.1 Å². The zero-order valence-electron chi connectivity index (χ0n) is 5.93. The summed E-state index contributed by atoms with van der Waals surface area (Å²) >= 11 is 0. The summed E-state index contributed by atoms with van der Waals surface area (Å²) in [5.74, 6) is 0.536. The molecule has 1 rings (SSSR count). The van der Waals surface area contributed by atoms with E-state index < -0.39 is 0 Å². The van der Waals surface area contributed by atoms with Crippen molar-refractivity contribution in [3.63, 3.8) is 0 Å². The van der Waals surface area contributed by atoms with Gasteiger partial charge in [0.15, 0.2) is 0 Å². The lowest BCUT2D eigenvalue weighted by Crippen LogP contribution is -2.18. The number of aliphatic hydroxyl groups excluding tert-OH is 1. The van der Waals surface area contributed by atoms with Crippen molar-refractivity contribution >= 4 is 0 Å². The maximum absolute atomic E-state index is 9.16. The van der Waals surface area contributed by atoms with E-state index in [2.05, 4.69) is 13.5 Å². The van der Waals surface area contributed by atoms with Gasteiger partial charge in [0.05, 0.1) is 6.10 Å². The van der Waals surface area contributed by atoms with E-state index in [0.29, 0.717) is 5.92 Å². The Morgan fingerprint density at radius 2 is 2.33 bits per heavy atom. The highest BCUT2D eigenvalue weighted by molar-refractivity contribution is 5.03. The van der Waals surface area contributed by atoms with Crippen molar-refractivity contribution in [3.8, 4) is 0 Å². The first kappa shape index (κ1) is 6.81. The van der Waals surface area contributed by atoms with Gasteiger partial charge in [-0.2, -0.15) is 0 Å². The van der Waals surface area contributed by atoms with Gasteiger partial charge in [-0.05, 0) is 25.2 Å². The lowest BCUT2D eigenvalue weighted by atomic mass is 9.85. The highest BCUT2D eigenvalue weighted by Gasteiger charge is 2.18. The zero-order chi connectivity index (χ0) is 6.85. The minimum absolute atomic E-state index is 0.0644. The molecule has 1 aliphatic rings. The average Bonchev–Trinajstić information content (AvgIpc) is 1.80. The standard InChI is InChI=1S/C8H14O/c1-6-3-4-8(9)5-7(6)2/h7-9H,1,3-5H2,2H3. The molecule has 2 atom stereocenters. The number of rotatable bonds is 0. The number of hydrogen-bond donors (Lipinski definition) is 1. The van der Waals surface area contributed by atoms with E-state index in [1.54, 1.807) is 0 Å². The molecule has 0 amide bonds. The van der Waals surface area contributed by atoms with E-state index in [-0.39, 0.29) is 6.10 Å². The largest absolute Gasteiger partial charge is 0.393 e. The second-order valence-corrected chi connectivity index (χ2v) is 2.99. The monoisotopic (exact) mass is 126 g/mol. The fourth-order valence-electron chi connectivity index (χ4n) is 1.29. The Bertz CT molecular complexity index is 118. The van der Waals surface area contributed by atoms with Gasteiger partial charge in [0.25, 0.3) is 0 Å². The summed E-state index contributed by atoms with van der Waals surface area (Å²) in [6, 6.07) is 0. The van der Waals surface area contributed by atoms with E-state index in [1.165, 1.54) is 5.57 Å². The Labute approximate surface area is 56.4 Å². The van der Waals surface area contributed by atoms with Crippen molar-refractivity contribution < 1.29 is 5.11 Å². The molecule has 2 unspecified atom stereocenters. The van der Waals surface area contributed by atoms with Crippen LogP contribution in [0.2, 0.25) is 0 Å². The van der Waals surface area contributed by atoms with E-state index in [9.17, 15) is 0 Å². The predicted molar refractivity (Wildman–Crippen MR) is 38.2 cm³/mol. The molecule has 1 saturated carbocycles. The van der Waals surface area contributed by atoms with Crippen molar-refractivity contribution in [1.82, 2.24) is 0 Å². The summed E-state index contributed by atoms with van der Waals surface area (Å²) in [7, 11) is 0. The van der Waals surface area contributed by atoms with Crippen molar-refractivity contribution in [2.75, 3.05) is 0 Å². The van der Waals surface area contributed by atoms with Crippen LogP contribution in [-0.2, 0) is 0 Å². The van der Waals surface area contributed by atoms with Crippen molar-refractivity contribution in [3.05, 3.63) is 12.2 Å². The third-order valence-electron chi connectivity index (χ3n) is 2.12. The normalized spacial score (nSPS) is 36.9. The van der Waals surface area contributed by atoms with Crippen molar-refractivity contribution in [2.24, 2.45) is 5.92 Å². The summed E-state index contributed by atoms with van der Waals surface area (Å²) in [5, 5.41) is 9.16.